The zero-order valence-electron chi connectivity index (χ0n) is 11.3. The van der Waals surface area contributed by atoms with Crippen molar-refractivity contribution in [2.75, 3.05) is 6.54 Å². The van der Waals surface area contributed by atoms with Gasteiger partial charge in [0.25, 0.3) is 0 Å². The summed E-state index contributed by atoms with van der Waals surface area (Å²) < 4.78 is 44.8. The molecule has 0 atom stereocenters. The molecule has 0 aliphatic heterocycles. The average Bonchev–Trinajstić information content (AvgIpc) is 2.83. The van der Waals surface area contributed by atoms with Crippen molar-refractivity contribution in [2.24, 2.45) is 5.73 Å². The molecule has 0 radical (unpaired) electrons. The molecule has 0 spiro atoms. The molecule has 0 aliphatic carbocycles. The van der Waals surface area contributed by atoms with Crippen LogP contribution in [0.15, 0.2) is 27.6 Å². The molecule has 114 valence electrons. The van der Waals surface area contributed by atoms with Crippen LogP contribution in [0.2, 0.25) is 0 Å². The van der Waals surface area contributed by atoms with Crippen molar-refractivity contribution in [3.8, 4) is 0 Å². The summed E-state index contributed by atoms with van der Waals surface area (Å²) in [7, 11) is -3.93. The fourth-order valence-corrected chi connectivity index (χ4v) is 2.80. The predicted molar refractivity (Wildman–Crippen MR) is 72.2 cm³/mol. The molecule has 3 N–H and O–H groups in total. The maximum Gasteiger partial charge on any atom is 0.243 e. The van der Waals surface area contributed by atoms with Gasteiger partial charge >= 0.3 is 0 Å². The van der Waals surface area contributed by atoms with E-state index in [2.05, 4.69) is 14.9 Å². The monoisotopic (exact) mass is 314 g/mol. The van der Waals surface area contributed by atoms with Gasteiger partial charge in [0.15, 0.2) is 5.82 Å². The quantitative estimate of drug-likeness (QED) is 0.803. The largest absolute Gasteiger partial charge is 0.340 e. The van der Waals surface area contributed by atoms with Crippen molar-refractivity contribution in [3.63, 3.8) is 0 Å². The number of nitrogens with one attached hydrogen (secondary N) is 1. The summed E-state index contributed by atoms with van der Waals surface area (Å²) in [6, 6.07) is 3.77. The Hall–Kier alpha value is -1.84. The third-order valence-corrected chi connectivity index (χ3v) is 4.23. The van der Waals surface area contributed by atoms with E-state index < -0.39 is 20.7 Å². The minimum atomic E-state index is -3.93. The first-order valence-corrected chi connectivity index (χ1v) is 7.68. The van der Waals surface area contributed by atoms with Gasteiger partial charge in [0, 0.05) is 26.4 Å². The highest BCUT2D eigenvalue weighted by atomic mass is 32.2. The normalized spacial score (nSPS) is 11.8. The maximum atomic E-state index is 13.8. The van der Waals surface area contributed by atoms with Crippen LogP contribution in [0.25, 0.3) is 0 Å². The Kier molecular flexibility index (Phi) is 4.66. The average molecular weight is 314 g/mol. The molecule has 7 nitrogen and oxygen atoms in total. The van der Waals surface area contributed by atoms with E-state index in [-0.39, 0.29) is 19.5 Å². The number of aromatic nitrogens is 2. The van der Waals surface area contributed by atoms with E-state index in [4.69, 9.17) is 10.3 Å². The van der Waals surface area contributed by atoms with Crippen LogP contribution in [0.5, 0.6) is 0 Å². The summed E-state index contributed by atoms with van der Waals surface area (Å²) in [5.74, 6) is -0.0497. The lowest BCUT2D eigenvalue weighted by atomic mass is 10.2. The minimum absolute atomic E-state index is 0.0411. The van der Waals surface area contributed by atoms with Crippen molar-refractivity contribution in [1.29, 1.82) is 0 Å². The van der Waals surface area contributed by atoms with Crippen LogP contribution in [-0.2, 0) is 23.0 Å². The van der Waals surface area contributed by atoms with Crippen molar-refractivity contribution in [3.05, 3.63) is 41.3 Å². The lowest BCUT2D eigenvalue weighted by molar-refractivity contribution is 0.387. The highest BCUT2D eigenvalue weighted by Crippen LogP contribution is 2.15. The standard InChI is InChI=1S/C12H15FN4O3S/c1-8-16-12(17-20-8)4-5-15-21(18,19)11-3-2-9(7-14)6-10(11)13/h2-3,6,15H,4-5,7,14H2,1H3. The van der Waals surface area contributed by atoms with Crippen molar-refractivity contribution >= 4 is 10.0 Å². The summed E-state index contributed by atoms with van der Waals surface area (Å²) in [5.41, 5.74) is 5.89. The number of nitrogens with zero attached hydrogens (tertiary/aromatic N) is 2. The molecule has 0 fully saturated rings. The summed E-state index contributed by atoms with van der Waals surface area (Å²) in [5, 5.41) is 3.64. The zero-order chi connectivity index (χ0) is 15.5. The highest BCUT2D eigenvalue weighted by molar-refractivity contribution is 7.89. The Balaban J connectivity index is 2.04. The van der Waals surface area contributed by atoms with Gasteiger partial charge in [0.1, 0.15) is 10.7 Å². The smallest absolute Gasteiger partial charge is 0.243 e. The maximum absolute atomic E-state index is 13.8. The van der Waals surface area contributed by atoms with Crippen LogP contribution in [0.4, 0.5) is 4.39 Å². The number of rotatable bonds is 6. The lowest BCUT2D eigenvalue weighted by Crippen LogP contribution is -2.27. The predicted octanol–water partition coefficient (Wildman–Crippen LogP) is 0.497. The number of halogens is 1. The Labute approximate surface area is 121 Å². The van der Waals surface area contributed by atoms with Gasteiger partial charge in [-0.05, 0) is 17.7 Å². The van der Waals surface area contributed by atoms with Gasteiger partial charge < -0.3 is 10.3 Å². The molecule has 2 rings (SSSR count). The number of hydrogen-bond acceptors (Lipinski definition) is 6. The molecule has 1 heterocycles. The second-order valence-electron chi connectivity index (χ2n) is 4.35. The second kappa shape index (κ2) is 6.29. The van der Waals surface area contributed by atoms with Crippen LogP contribution in [0.3, 0.4) is 0 Å². The summed E-state index contributed by atoms with van der Waals surface area (Å²) in [6.45, 7) is 1.82. The van der Waals surface area contributed by atoms with Crippen LogP contribution in [0.1, 0.15) is 17.3 Å². The third-order valence-electron chi connectivity index (χ3n) is 2.73. The van der Waals surface area contributed by atoms with E-state index in [1.807, 2.05) is 0 Å². The van der Waals surface area contributed by atoms with E-state index in [0.29, 0.717) is 17.3 Å². The molecule has 0 bridgehead atoms. The minimum Gasteiger partial charge on any atom is -0.340 e. The van der Waals surface area contributed by atoms with Gasteiger partial charge in [-0.1, -0.05) is 11.2 Å². The van der Waals surface area contributed by atoms with Crippen LogP contribution < -0.4 is 10.5 Å². The first-order chi connectivity index (χ1) is 9.92. The molecule has 9 heteroatoms. The second-order valence-corrected chi connectivity index (χ2v) is 6.08. The zero-order valence-corrected chi connectivity index (χ0v) is 12.2. The molecular formula is C12H15FN4O3S. The van der Waals surface area contributed by atoms with Crippen LogP contribution in [0, 0.1) is 12.7 Å². The van der Waals surface area contributed by atoms with Crippen molar-refractivity contribution < 1.29 is 17.3 Å². The Morgan fingerprint density at radius 1 is 1.43 bits per heavy atom. The highest BCUT2D eigenvalue weighted by Gasteiger charge is 2.19. The number of nitrogens with two attached hydrogens (primary N) is 1. The van der Waals surface area contributed by atoms with E-state index in [1.54, 1.807) is 6.92 Å². The third kappa shape index (κ3) is 3.84. The fraction of sp³-hybridized carbons (Fsp3) is 0.333. The first kappa shape index (κ1) is 15.5. The Morgan fingerprint density at radius 3 is 2.76 bits per heavy atom. The summed E-state index contributed by atoms with van der Waals surface area (Å²) >= 11 is 0. The van der Waals surface area contributed by atoms with E-state index in [1.165, 1.54) is 12.1 Å². The first-order valence-electron chi connectivity index (χ1n) is 6.20. The molecule has 0 unspecified atom stereocenters. The van der Waals surface area contributed by atoms with Crippen LogP contribution in [-0.4, -0.2) is 25.1 Å². The van der Waals surface area contributed by atoms with Crippen LogP contribution >= 0.6 is 0 Å². The molecule has 21 heavy (non-hydrogen) atoms. The van der Waals surface area contributed by atoms with Gasteiger partial charge in [-0.25, -0.2) is 17.5 Å². The number of hydrogen-bond donors (Lipinski definition) is 2. The van der Waals surface area contributed by atoms with Gasteiger partial charge in [0.2, 0.25) is 15.9 Å². The SMILES string of the molecule is Cc1nc(CCNS(=O)(=O)c2ccc(CN)cc2F)no1. The summed E-state index contributed by atoms with van der Waals surface area (Å²) in [4.78, 5) is 3.53. The molecular weight excluding hydrogens is 299 g/mol. The molecule has 0 amide bonds. The Morgan fingerprint density at radius 2 is 2.19 bits per heavy atom. The number of benzene rings is 1. The fourth-order valence-electron chi connectivity index (χ4n) is 1.71. The molecule has 1 aromatic heterocycles. The number of aryl methyl sites for hydroxylation is 1. The van der Waals surface area contributed by atoms with Gasteiger partial charge in [-0.15, -0.1) is 0 Å². The molecule has 0 saturated carbocycles. The van der Waals surface area contributed by atoms with E-state index in [9.17, 15) is 12.8 Å². The van der Waals surface area contributed by atoms with Gasteiger partial charge in [-0.3, -0.25) is 0 Å². The lowest BCUT2D eigenvalue weighted by Gasteiger charge is -2.07. The van der Waals surface area contributed by atoms with Gasteiger partial charge in [-0.2, -0.15) is 4.98 Å². The van der Waals surface area contributed by atoms with Crippen molar-refractivity contribution in [2.45, 2.75) is 24.8 Å². The summed E-state index contributed by atoms with van der Waals surface area (Å²) in [6.07, 6.45) is 0.249. The van der Waals surface area contributed by atoms with Gasteiger partial charge in [0.05, 0.1) is 0 Å². The Bertz CT molecular complexity index is 730. The van der Waals surface area contributed by atoms with E-state index in [0.717, 1.165) is 6.07 Å². The molecule has 0 saturated heterocycles. The topological polar surface area (TPSA) is 111 Å². The molecule has 0 aliphatic rings. The molecule has 1 aromatic carbocycles. The van der Waals surface area contributed by atoms with Crippen molar-refractivity contribution in [1.82, 2.24) is 14.9 Å². The number of sulfonamides is 1. The van der Waals surface area contributed by atoms with E-state index >= 15 is 0 Å². The molecule has 2 aromatic rings.